The van der Waals surface area contributed by atoms with Gasteiger partial charge in [0, 0.05) is 23.6 Å². The molecule has 0 aliphatic heterocycles. The van der Waals surface area contributed by atoms with E-state index in [9.17, 15) is 10.1 Å². The molecule has 1 aromatic carbocycles. The minimum Gasteiger partial charge on any atom is -0.367 e. The predicted molar refractivity (Wildman–Crippen MR) is 69.6 cm³/mol. The Bertz CT molecular complexity index is 585. The Morgan fingerprint density at radius 2 is 2.22 bits per heavy atom. The second-order valence-electron chi connectivity index (χ2n) is 4.13. The van der Waals surface area contributed by atoms with E-state index < -0.39 is 4.92 Å². The minimum atomic E-state index is -0.417. The van der Waals surface area contributed by atoms with Crippen LogP contribution in [0.1, 0.15) is 20.3 Å². The molecule has 0 aliphatic carbocycles. The van der Waals surface area contributed by atoms with Gasteiger partial charge < -0.3 is 5.32 Å². The summed E-state index contributed by atoms with van der Waals surface area (Å²) in [5, 5.41) is 14.7. The third-order valence-electron chi connectivity index (χ3n) is 2.83. The van der Waals surface area contributed by atoms with Crippen LogP contribution in [-0.2, 0) is 0 Å². The van der Waals surface area contributed by atoms with Gasteiger partial charge in [-0.15, -0.1) is 0 Å². The first-order valence-electron chi connectivity index (χ1n) is 5.77. The van der Waals surface area contributed by atoms with Gasteiger partial charge >= 0.3 is 0 Å². The van der Waals surface area contributed by atoms with Gasteiger partial charge in [-0.25, -0.2) is 9.97 Å². The fraction of sp³-hybridized carbons (Fsp3) is 0.333. The highest BCUT2D eigenvalue weighted by Gasteiger charge is 2.11. The zero-order valence-corrected chi connectivity index (χ0v) is 10.3. The lowest BCUT2D eigenvalue weighted by Crippen LogP contribution is -2.14. The molecule has 0 saturated heterocycles. The van der Waals surface area contributed by atoms with Crippen molar-refractivity contribution < 1.29 is 4.92 Å². The van der Waals surface area contributed by atoms with Crippen LogP contribution in [-0.4, -0.2) is 20.9 Å². The van der Waals surface area contributed by atoms with Crippen molar-refractivity contribution in [2.45, 2.75) is 26.3 Å². The number of rotatable bonds is 4. The first-order chi connectivity index (χ1) is 8.61. The number of benzene rings is 1. The molecular formula is C12H14N4O2. The molecule has 94 valence electrons. The number of aromatic nitrogens is 2. The van der Waals surface area contributed by atoms with Crippen LogP contribution < -0.4 is 5.32 Å². The van der Waals surface area contributed by atoms with E-state index in [-0.39, 0.29) is 11.7 Å². The van der Waals surface area contributed by atoms with Crippen molar-refractivity contribution in [3.05, 3.63) is 34.6 Å². The van der Waals surface area contributed by atoms with E-state index in [1.807, 2.05) is 6.92 Å². The summed E-state index contributed by atoms with van der Waals surface area (Å²) >= 11 is 0. The minimum absolute atomic E-state index is 0.0458. The molecule has 1 aromatic heterocycles. The molecule has 2 aromatic rings. The summed E-state index contributed by atoms with van der Waals surface area (Å²) in [5.41, 5.74) is 0.742. The van der Waals surface area contributed by atoms with Crippen LogP contribution in [0.5, 0.6) is 0 Å². The van der Waals surface area contributed by atoms with Gasteiger partial charge in [0.1, 0.15) is 12.1 Å². The summed E-state index contributed by atoms with van der Waals surface area (Å²) in [6.45, 7) is 4.09. The normalized spacial score (nSPS) is 12.3. The highest BCUT2D eigenvalue weighted by molar-refractivity contribution is 5.90. The molecule has 0 spiro atoms. The maximum atomic E-state index is 10.8. The molecular weight excluding hydrogens is 232 g/mol. The summed E-state index contributed by atoms with van der Waals surface area (Å²) in [5.74, 6) is 0.637. The van der Waals surface area contributed by atoms with Crippen molar-refractivity contribution in [2.24, 2.45) is 0 Å². The molecule has 1 atom stereocenters. The average Bonchev–Trinajstić information content (AvgIpc) is 2.38. The Morgan fingerprint density at radius 1 is 1.44 bits per heavy atom. The number of nitrogens with one attached hydrogen (secondary N) is 1. The number of fused-ring (bicyclic) bond motifs is 1. The first-order valence-corrected chi connectivity index (χ1v) is 5.77. The van der Waals surface area contributed by atoms with Crippen LogP contribution in [0.15, 0.2) is 24.5 Å². The van der Waals surface area contributed by atoms with Crippen LogP contribution in [0.3, 0.4) is 0 Å². The lowest BCUT2D eigenvalue weighted by atomic mass is 10.2. The van der Waals surface area contributed by atoms with Crippen molar-refractivity contribution in [1.82, 2.24) is 9.97 Å². The summed E-state index contributed by atoms with van der Waals surface area (Å²) in [4.78, 5) is 18.6. The van der Waals surface area contributed by atoms with Gasteiger partial charge in [-0.2, -0.15) is 0 Å². The lowest BCUT2D eigenvalue weighted by Gasteiger charge is -2.13. The number of anilines is 1. The molecule has 1 unspecified atom stereocenters. The number of nitro benzene ring substituents is 1. The van der Waals surface area contributed by atoms with Crippen LogP contribution in [0.25, 0.3) is 10.9 Å². The van der Waals surface area contributed by atoms with Crippen molar-refractivity contribution in [3.63, 3.8) is 0 Å². The van der Waals surface area contributed by atoms with E-state index in [1.54, 1.807) is 6.07 Å². The summed E-state index contributed by atoms with van der Waals surface area (Å²) in [6.07, 6.45) is 2.40. The van der Waals surface area contributed by atoms with E-state index in [1.165, 1.54) is 18.5 Å². The van der Waals surface area contributed by atoms with Crippen molar-refractivity contribution in [2.75, 3.05) is 5.32 Å². The molecule has 0 bridgehead atoms. The largest absolute Gasteiger partial charge is 0.367 e. The van der Waals surface area contributed by atoms with Gasteiger partial charge in [-0.05, 0) is 19.4 Å². The van der Waals surface area contributed by atoms with Gasteiger partial charge in [-0.1, -0.05) is 6.92 Å². The molecule has 0 aliphatic rings. The first kappa shape index (κ1) is 12.2. The van der Waals surface area contributed by atoms with Gasteiger partial charge in [0.25, 0.3) is 5.69 Å². The molecule has 0 fully saturated rings. The third-order valence-corrected chi connectivity index (χ3v) is 2.83. The Hall–Kier alpha value is -2.24. The van der Waals surface area contributed by atoms with Gasteiger partial charge in [-0.3, -0.25) is 10.1 Å². The van der Waals surface area contributed by atoms with E-state index in [0.717, 1.165) is 6.42 Å². The molecule has 1 heterocycles. The highest BCUT2D eigenvalue weighted by atomic mass is 16.6. The fourth-order valence-electron chi connectivity index (χ4n) is 1.61. The Labute approximate surface area is 104 Å². The smallest absolute Gasteiger partial charge is 0.270 e. The second kappa shape index (κ2) is 4.95. The maximum absolute atomic E-state index is 10.8. The van der Waals surface area contributed by atoms with E-state index in [4.69, 9.17) is 0 Å². The standard InChI is InChI=1S/C12H14N4O2/c1-3-8(2)15-12-10-6-9(16(17)18)4-5-11(10)13-7-14-12/h4-8H,3H2,1-2H3,(H,13,14,15). The third kappa shape index (κ3) is 2.37. The monoisotopic (exact) mass is 246 g/mol. The molecule has 0 radical (unpaired) electrons. The Morgan fingerprint density at radius 3 is 2.89 bits per heavy atom. The van der Waals surface area contributed by atoms with Crippen molar-refractivity contribution in [3.8, 4) is 0 Å². The van der Waals surface area contributed by atoms with Crippen molar-refractivity contribution in [1.29, 1.82) is 0 Å². The Balaban J connectivity index is 2.51. The quantitative estimate of drug-likeness (QED) is 0.662. The topological polar surface area (TPSA) is 81.0 Å². The van der Waals surface area contributed by atoms with Crippen molar-refractivity contribution >= 4 is 22.4 Å². The second-order valence-corrected chi connectivity index (χ2v) is 4.13. The van der Waals surface area contributed by atoms with Crippen LogP contribution in [0, 0.1) is 10.1 Å². The van der Waals surface area contributed by atoms with Crippen LogP contribution >= 0.6 is 0 Å². The van der Waals surface area contributed by atoms with Crippen LogP contribution in [0.2, 0.25) is 0 Å². The van der Waals surface area contributed by atoms with Gasteiger partial charge in [0.2, 0.25) is 0 Å². The number of non-ortho nitro benzene ring substituents is 1. The number of nitrogens with zero attached hydrogens (tertiary/aromatic N) is 3. The molecule has 0 saturated carbocycles. The zero-order chi connectivity index (χ0) is 13.1. The SMILES string of the molecule is CCC(C)Nc1ncnc2ccc([N+](=O)[O-])cc12. The summed E-state index contributed by atoms with van der Waals surface area (Å²) < 4.78 is 0. The molecule has 1 N–H and O–H groups in total. The Kier molecular flexibility index (Phi) is 3.36. The average molecular weight is 246 g/mol. The number of hydrogen-bond donors (Lipinski definition) is 1. The van der Waals surface area contributed by atoms with E-state index >= 15 is 0 Å². The van der Waals surface area contributed by atoms with E-state index in [0.29, 0.717) is 16.7 Å². The molecule has 0 amide bonds. The molecule has 18 heavy (non-hydrogen) atoms. The number of hydrogen-bond acceptors (Lipinski definition) is 5. The van der Waals surface area contributed by atoms with Crippen LogP contribution in [0.4, 0.5) is 11.5 Å². The van der Waals surface area contributed by atoms with Gasteiger partial charge in [0.05, 0.1) is 10.4 Å². The fourth-order valence-corrected chi connectivity index (χ4v) is 1.61. The maximum Gasteiger partial charge on any atom is 0.270 e. The lowest BCUT2D eigenvalue weighted by molar-refractivity contribution is -0.384. The molecule has 6 nitrogen and oxygen atoms in total. The molecule has 6 heteroatoms. The summed E-state index contributed by atoms with van der Waals surface area (Å²) in [7, 11) is 0. The molecule has 2 rings (SSSR count). The van der Waals surface area contributed by atoms with Gasteiger partial charge in [0.15, 0.2) is 0 Å². The number of nitro groups is 1. The highest BCUT2D eigenvalue weighted by Crippen LogP contribution is 2.24. The summed E-state index contributed by atoms with van der Waals surface area (Å²) in [6, 6.07) is 4.83. The zero-order valence-electron chi connectivity index (χ0n) is 10.3. The predicted octanol–water partition coefficient (Wildman–Crippen LogP) is 2.75. The van der Waals surface area contributed by atoms with E-state index in [2.05, 4.69) is 22.2 Å².